The van der Waals surface area contributed by atoms with Crippen molar-refractivity contribution in [3.63, 3.8) is 0 Å². The van der Waals surface area contributed by atoms with Crippen molar-refractivity contribution in [2.45, 2.75) is 39.2 Å². The van der Waals surface area contributed by atoms with Crippen LogP contribution in [-0.4, -0.2) is 183 Å². The van der Waals surface area contributed by atoms with Gasteiger partial charge in [-0.05, 0) is 66.7 Å². The molecule has 0 spiro atoms. The Morgan fingerprint density at radius 1 is 0.485 bits per heavy atom. The third-order valence-electron chi connectivity index (χ3n) is 12.3. The Morgan fingerprint density at radius 2 is 0.806 bits per heavy atom. The second kappa shape index (κ2) is 37.9. The van der Waals surface area contributed by atoms with Gasteiger partial charge in [-0.15, -0.1) is 19.8 Å². The van der Waals surface area contributed by atoms with E-state index in [1.807, 2.05) is 30.3 Å². The number of hydrogen-bond acceptors (Lipinski definition) is 27. The number of nitrogen functional groups attached to an aromatic ring is 1. The number of esters is 4. The number of anilines is 4. The van der Waals surface area contributed by atoms with Gasteiger partial charge >= 0.3 is 23.9 Å². The number of rotatable bonds is 26. The van der Waals surface area contributed by atoms with E-state index in [1.54, 1.807) is 103 Å². The van der Waals surface area contributed by atoms with Crippen LogP contribution in [0.4, 0.5) is 39.8 Å². The smallest absolute Gasteiger partial charge is 0.338 e. The van der Waals surface area contributed by atoms with E-state index < -0.39 is 110 Å². The summed E-state index contributed by atoms with van der Waals surface area (Å²) in [5.74, 6) is -3.41. The first kappa shape index (κ1) is 84.0. The van der Waals surface area contributed by atoms with Gasteiger partial charge in [0.25, 0.3) is 47.1 Å². The number of nitrogens with two attached hydrogens (primary N) is 2. The Kier molecular flexibility index (Phi) is 30.9. The molecule has 0 saturated heterocycles. The first-order valence-corrected chi connectivity index (χ1v) is 36.1. The minimum Gasteiger partial charge on any atom is -0.465 e. The van der Waals surface area contributed by atoms with Crippen LogP contribution in [-0.2, 0) is 59.0 Å². The highest BCUT2D eigenvalue weighted by molar-refractivity contribution is 8.00. The number of primary sulfonamides is 1. The largest absolute Gasteiger partial charge is 0.465 e. The summed E-state index contributed by atoms with van der Waals surface area (Å²) in [6.45, 7) is 3.54. The number of nitro groups is 3. The first-order valence-electron chi connectivity index (χ1n) is 28.6. The number of carbonyl (C=O) groups is 4. The predicted octanol–water partition coefficient (Wildman–Crippen LogP) is 8.33. The number of sulfonamides is 4. The van der Waals surface area contributed by atoms with Gasteiger partial charge in [-0.3, -0.25) is 30.3 Å². The molecule has 7 aromatic rings. The van der Waals surface area contributed by atoms with Gasteiger partial charge in [-0.1, -0.05) is 84.2 Å². The predicted molar refractivity (Wildman–Crippen MR) is 385 cm³/mol. The van der Waals surface area contributed by atoms with Crippen LogP contribution in [0, 0.1) is 30.3 Å². The SMILES string of the molecule is C=CCNc1c([N+](=O)[O-])cc(C(=O)OC)cc1S(=O)(=O)N=CN(C)C.COC(=O)c1cc(N)c(Sc2ccccc2)c(S(=O)(=O)N=CN(C)C)c1.COC(=O)c1cc([N+](=O)[O-])c(Nc2ccccc2)c(S(N)(=O)=O)c1.COC(=O)c1cc([N+](=O)[O-])c(Sc2ccccc2)c(S(=O)(=O)N=CN(C)C)c1. The van der Waals surface area contributed by atoms with Crippen molar-refractivity contribution < 1.29 is 86.6 Å². The highest BCUT2D eigenvalue weighted by Gasteiger charge is 2.33. The van der Waals surface area contributed by atoms with Gasteiger partial charge < -0.3 is 50.0 Å². The van der Waals surface area contributed by atoms with Gasteiger partial charge in [0.1, 0.15) is 54.9 Å². The molecule has 103 heavy (non-hydrogen) atoms. The topological polar surface area (TPSA) is 494 Å². The summed E-state index contributed by atoms with van der Waals surface area (Å²) in [6.07, 6.45) is 4.66. The Morgan fingerprint density at radius 3 is 1.17 bits per heavy atom. The van der Waals surface area contributed by atoms with Crippen LogP contribution in [0.1, 0.15) is 41.4 Å². The molecule has 0 radical (unpaired) electrons. The molecule has 0 aliphatic heterocycles. The van der Waals surface area contributed by atoms with Crippen LogP contribution >= 0.6 is 23.5 Å². The number of nitro benzene ring substituents is 3. The normalized spacial score (nSPS) is 11.3. The van der Waals surface area contributed by atoms with Crippen molar-refractivity contribution in [1.82, 2.24) is 14.7 Å². The lowest BCUT2D eigenvalue weighted by atomic mass is 10.1. The zero-order valence-corrected chi connectivity index (χ0v) is 61.0. The standard InChI is InChI=1S/C17H17N3O6S2.C17H19N3O4S2.C14H18N4O6S.C14H13N3O6S/c1-19(2)11-18-28(24,25)15-10-12(17(21)26-3)9-14(20(22)23)16(15)27-13-7-5-4-6-8-13;1-20(2)11-19-26(22,23)15-10-12(17(21)24-3)9-14(18)16(15)25-13-7-5-4-6-8-13;1-5-6-15-13-11(18(20)21)7-10(14(19)24-4)8-12(13)25(22,23)16-9-17(2)3;1-23-14(18)9-7-11(17(19)20)13(12(8-9)24(15,21)22)16-10-5-3-2-4-6-10/h4-11H,1-3H3;4-11H,18H2,1-3H3;5,7-9,15H,1,6H2,2-4H3;2-8,16H,1H3,(H2,15,21,22). The fraction of sp³-hybridized carbons (Fsp3) is 0.177. The fourth-order valence-corrected chi connectivity index (χ4v) is 14.4. The molecule has 7 aromatic carbocycles. The average molecular weight is 1540 g/mol. The maximum Gasteiger partial charge on any atom is 0.338 e. The minimum atomic E-state index is -4.35. The van der Waals surface area contributed by atoms with Gasteiger partial charge in [0.05, 0.1) is 70.4 Å². The summed E-state index contributed by atoms with van der Waals surface area (Å²) in [5.41, 5.74) is 3.47. The van der Waals surface area contributed by atoms with E-state index in [-0.39, 0.29) is 55.7 Å². The number of methoxy groups -OCH3 is 4. The minimum absolute atomic E-state index is 0.0426. The molecule has 6 N–H and O–H groups in total. The highest BCUT2D eigenvalue weighted by atomic mass is 32.2. The molecule has 0 aromatic heterocycles. The van der Waals surface area contributed by atoms with E-state index in [9.17, 15) is 83.2 Å². The van der Waals surface area contributed by atoms with Crippen LogP contribution in [0.5, 0.6) is 0 Å². The Balaban J connectivity index is 0.000000291. The van der Waals surface area contributed by atoms with Crippen molar-refractivity contribution in [3.05, 3.63) is 205 Å². The van der Waals surface area contributed by atoms with E-state index in [1.165, 1.54) is 58.1 Å². The maximum atomic E-state index is 12.8. The van der Waals surface area contributed by atoms with Crippen molar-refractivity contribution >= 4 is 146 Å². The Labute approximate surface area is 599 Å². The van der Waals surface area contributed by atoms with Crippen LogP contribution in [0.2, 0.25) is 0 Å². The molecule has 0 aliphatic carbocycles. The Bertz CT molecular complexity index is 4880. The second-order valence-corrected chi connectivity index (χ2v) is 29.2. The lowest BCUT2D eigenvalue weighted by molar-refractivity contribution is -0.388. The molecular weight excluding hydrogens is 1470 g/mol. The third kappa shape index (κ3) is 24.5. The zero-order chi connectivity index (χ0) is 77.3. The lowest BCUT2D eigenvalue weighted by Gasteiger charge is -2.13. The van der Waals surface area contributed by atoms with Crippen molar-refractivity contribution in [1.29, 1.82) is 0 Å². The molecule has 41 heteroatoms. The summed E-state index contributed by atoms with van der Waals surface area (Å²) in [5, 5.41) is 44.7. The molecule has 0 amide bonds. The number of hydrogen-bond donors (Lipinski definition) is 4. The molecule has 0 fully saturated rings. The zero-order valence-electron chi connectivity index (χ0n) is 56.1. The van der Waals surface area contributed by atoms with Crippen molar-refractivity contribution in [3.8, 4) is 0 Å². The van der Waals surface area contributed by atoms with E-state index in [0.29, 0.717) is 15.5 Å². The van der Waals surface area contributed by atoms with Gasteiger partial charge in [0.2, 0.25) is 10.0 Å². The summed E-state index contributed by atoms with van der Waals surface area (Å²) in [6, 6.07) is 34.4. The van der Waals surface area contributed by atoms with Crippen LogP contribution < -0.4 is 21.5 Å². The number of benzene rings is 7. The summed E-state index contributed by atoms with van der Waals surface area (Å²) in [7, 11) is -3.04. The van der Waals surface area contributed by atoms with Gasteiger partial charge in [-0.25, -0.2) is 32.7 Å². The van der Waals surface area contributed by atoms with Gasteiger partial charge in [-0.2, -0.15) is 25.3 Å². The monoisotopic (exact) mass is 1540 g/mol. The number of ether oxygens (including phenoxy) is 4. The third-order valence-corrected chi connectivity index (χ3v) is 19.6. The molecule has 0 aliphatic rings. The molecule has 548 valence electrons. The molecule has 0 unspecified atom stereocenters. The number of para-hydroxylation sites is 1. The summed E-state index contributed by atoms with van der Waals surface area (Å²) < 4.78 is 129. The van der Waals surface area contributed by atoms with Gasteiger partial charge in [0, 0.05) is 88.2 Å². The van der Waals surface area contributed by atoms with E-state index in [0.717, 1.165) is 87.1 Å². The molecule has 0 atom stereocenters. The Hall–Kier alpha value is -11.4. The average Bonchev–Trinajstić information content (AvgIpc) is 0.804. The molecule has 7 rings (SSSR count). The molecular formula is C62H67N13O22S6. The number of nitrogens with one attached hydrogen (secondary N) is 2. The molecule has 0 bridgehead atoms. The van der Waals surface area contributed by atoms with Crippen LogP contribution in [0.3, 0.4) is 0 Å². The van der Waals surface area contributed by atoms with Crippen LogP contribution in [0.15, 0.2) is 205 Å². The summed E-state index contributed by atoms with van der Waals surface area (Å²) >= 11 is 2.08. The molecule has 0 heterocycles. The first-order chi connectivity index (χ1) is 48.3. The number of nitrogens with zero attached hydrogens (tertiary/aromatic N) is 9. The van der Waals surface area contributed by atoms with E-state index in [4.69, 9.17) is 10.9 Å². The quantitative estimate of drug-likeness (QED) is 0.00578. The molecule has 0 saturated carbocycles. The molecule has 35 nitrogen and oxygen atoms in total. The van der Waals surface area contributed by atoms with Crippen LogP contribution in [0.25, 0.3) is 0 Å². The fourth-order valence-electron chi connectivity index (χ4n) is 7.80. The van der Waals surface area contributed by atoms with Crippen molar-refractivity contribution in [2.75, 3.05) is 93.6 Å². The summed E-state index contributed by atoms with van der Waals surface area (Å²) in [4.78, 5) is 83.2. The van der Waals surface area contributed by atoms with Gasteiger partial charge in [0.15, 0.2) is 0 Å². The van der Waals surface area contributed by atoms with Crippen molar-refractivity contribution in [2.24, 2.45) is 18.3 Å². The second-order valence-electron chi connectivity index (χ2n) is 20.7. The maximum absolute atomic E-state index is 12.8. The number of carbonyl (C=O) groups excluding carboxylic acids is 4. The van der Waals surface area contributed by atoms with E-state index in [2.05, 4.69) is 49.4 Å². The lowest BCUT2D eigenvalue weighted by Crippen LogP contribution is -2.17. The van der Waals surface area contributed by atoms with E-state index >= 15 is 0 Å². The highest BCUT2D eigenvalue weighted by Crippen LogP contribution is 2.43.